The molecule has 0 saturated carbocycles. The maximum atomic E-state index is 12.1. The lowest BCUT2D eigenvalue weighted by atomic mass is 10.0. The van der Waals surface area contributed by atoms with Gasteiger partial charge in [-0.15, -0.1) is 12.4 Å². The fourth-order valence-electron chi connectivity index (χ4n) is 1.25. The highest BCUT2D eigenvalue weighted by Gasteiger charge is 2.18. The first-order valence-electron chi connectivity index (χ1n) is 4.39. The summed E-state index contributed by atoms with van der Waals surface area (Å²) >= 11 is 5.73. The largest absolute Gasteiger partial charge is 0.324 e. The summed E-state index contributed by atoms with van der Waals surface area (Å²) in [6, 6.07) is 2.59. The first kappa shape index (κ1) is 16.0. The van der Waals surface area contributed by atoms with Gasteiger partial charge in [-0.25, -0.2) is 8.78 Å². The Balaban J connectivity index is 0.00000256. The minimum atomic E-state index is -2.58. The molecule has 1 atom stereocenters. The molecule has 0 saturated heterocycles. The first-order valence-corrected chi connectivity index (χ1v) is 4.77. The van der Waals surface area contributed by atoms with Crippen molar-refractivity contribution in [2.45, 2.75) is 18.9 Å². The lowest BCUT2D eigenvalue weighted by molar-refractivity contribution is -0.384. The second kappa shape index (κ2) is 6.68. The van der Waals surface area contributed by atoms with E-state index >= 15 is 0 Å². The Morgan fingerprint density at radius 1 is 1.47 bits per heavy atom. The molecule has 2 N–H and O–H groups in total. The zero-order valence-corrected chi connectivity index (χ0v) is 10.0. The standard InChI is InChI=1S/C9H9ClF2N2O2.ClH/c10-7-2-1-5(14(15)16)3-6(7)8(13)4-9(11)12;/h1-3,8-9H,4,13H2;1H/t8-;/m0./s1. The molecule has 0 unspecified atom stereocenters. The van der Waals surface area contributed by atoms with Crippen molar-refractivity contribution in [3.8, 4) is 0 Å². The van der Waals surface area contributed by atoms with Crippen LogP contribution in [-0.2, 0) is 0 Å². The van der Waals surface area contributed by atoms with Crippen molar-refractivity contribution in [1.82, 2.24) is 0 Å². The summed E-state index contributed by atoms with van der Waals surface area (Å²) in [7, 11) is 0. The van der Waals surface area contributed by atoms with Gasteiger partial charge in [0.15, 0.2) is 0 Å². The molecule has 0 spiro atoms. The van der Waals surface area contributed by atoms with E-state index in [1.165, 1.54) is 12.1 Å². The fourth-order valence-corrected chi connectivity index (χ4v) is 1.51. The quantitative estimate of drug-likeness (QED) is 0.682. The summed E-state index contributed by atoms with van der Waals surface area (Å²) < 4.78 is 24.2. The number of hydrogen-bond donors (Lipinski definition) is 1. The van der Waals surface area contributed by atoms with Gasteiger partial charge in [0.25, 0.3) is 5.69 Å². The second-order valence-electron chi connectivity index (χ2n) is 3.20. The number of nitro groups is 1. The lowest BCUT2D eigenvalue weighted by Gasteiger charge is -2.12. The van der Waals surface area contributed by atoms with Crippen LogP contribution in [0.4, 0.5) is 14.5 Å². The van der Waals surface area contributed by atoms with Crippen molar-refractivity contribution in [3.63, 3.8) is 0 Å². The Labute approximate surface area is 107 Å². The molecule has 0 bridgehead atoms. The molecule has 4 nitrogen and oxygen atoms in total. The Morgan fingerprint density at radius 2 is 2.06 bits per heavy atom. The third-order valence-electron chi connectivity index (χ3n) is 2.02. The monoisotopic (exact) mass is 286 g/mol. The van der Waals surface area contributed by atoms with Gasteiger partial charge in [-0.1, -0.05) is 11.6 Å². The summed E-state index contributed by atoms with van der Waals surface area (Å²) in [5, 5.41) is 10.6. The fraction of sp³-hybridized carbons (Fsp3) is 0.333. The summed E-state index contributed by atoms with van der Waals surface area (Å²) in [6.07, 6.45) is -3.16. The molecule has 17 heavy (non-hydrogen) atoms. The van der Waals surface area contributed by atoms with Gasteiger partial charge in [-0.3, -0.25) is 10.1 Å². The van der Waals surface area contributed by atoms with E-state index < -0.39 is 23.8 Å². The molecule has 1 aromatic carbocycles. The van der Waals surface area contributed by atoms with Crippen molar-refractivity contribution in [2.24, 2.45) is 5.73 Å². The van der Waals surface area contributed by atoms with Crippen LogP contribution >= 0.6 is 24.0 Å². The number of alkyl halides is 2. The number of non-ortho nitro benzene ring substituents is 1. The summed E-state index contributed by atoms with van der Waals surface area (Å²) in [5.41, 5.74) is 5.42. The minimum absolute atomic E-state index is 0. The summed E-state index contributed by atoms with van der Waals surface area (Å²) in [6.45, 7) is 0. The Kier molecular flexibility index (Phi) is 6.30. The van der Waals surface area contributed by atoms with Gasteiger partial charge in [-0.2, -0.15) is 0 Å². The van der Waals surface area contributed by atoms with Crippen molar-refractivity contribution in [3.05, 3.63) is 38.9 Å². The van der Waals surface area contributed by atoms with E-state index in [4.69, 9.17) is 17.3 Å². The third kappa shape index (κ3) is 4.41. The highest BCUT2D eigenvalue weighted by Crippen LogP contribution is 2.29. The Bertz CT molecular complexity index is 405. The molecule has 1 aromatic rings. The normalized spacial score (nSPS) is 12.1. The zero-order chi connectivity index (χ0) is 12.3. The summed E-state index contributed by atoms with van der Waals surface area (Å²) in [4.78, 5) is 9.85. The minimum Gasteiger partial charge on any atom is -0.324 e. The van der Waals surface area contributed by atoms with Crippen LogP contribution in [-0.4, -0.2) is 11.3 Å². The van der Waals surface area contributed by atoms with Gasteiger partial charge in [-0.05, 0) is 11.6 Å². The van der Waals surface area contributed by atoms with Crippen LogP contribution in [0.2, 0.25) is 5.02 Å². The number of nitrogens with zero attached hydrogens (tertiary/aromatic N) is 1. The van der Waals surface area contributed by atoms with Crippen LogP contribution in [0.5, 0.6) is 0 Å². The van der Waals surface area contributed by atoms with Crippen LogP contribution in [0.15, 0.2) is 18.2 Å². The van der Waals surface area contributed by atoms with Crippen molar-refractivity contribution >= 4 is 29.7 Å². The number of halogens is 4. The van der Waals surface area contributed by atoms with Gasteiger partial charge >= 0.3 is 0 Å². The van der Waals surface area contributed by atoms with Gasteiger partial charge in [0.2, 0.25) is 6.43 Å². The maximum Gasteiger partial charge on any atom is 0.269 e. The molecule has 0 radical (unpaired) electrons. The van der Waals surface area contributed by atoms with Crippen LogP contribution in [0.3, 0.4) is 0 Å². The highest BCUT2D eigenvalue weighted by molar-refractivity contribution is 6.31. The number of nitrogens with two attached hydrogens (primary N) is 1. The number of rotatable bonds is 4. The predicted octanol–water partition coefficient (Wildman–Crippen LogP) is 3.33. The van der Waals surface area contributed by atoms with E-state index in [2.05, 4.69) is 0 Å². The smallest absolute Gasteiger partial charge is 0.269 e. The molecule has 0 amide bonds. The van der Waals surface area contributed by atoms with E-state index in [9.17, 15) is 18.9 Å². The predicted molar refractivity (Wildman–Crippen MR) is 62.9 cm³/mol. The van der Waals surface area contributed by atoms with E-state index in [0.717, 1.165) is 6.07 Å². The van der Waals surface area contributed by atoms with Crippen LogP contribution in [0.1, 0.15) is 18.0 Å². The molecule has 0 heterocycles. The van der Waals surface area contributed by atoms with Crippen molar-refractivity contribution in [2.75, 3.05) is 0 Å². The highest BCUT2D eigenvalue weighted by atomic mass is 35.5. The van der Waals surface area contributed by atoms with Gasteiger partial charge < -0.3 is 5.73 Å². The molecule has 8 heteroatoms. The van der Waals surface area contributed by atoms with Gasteiger partial charge in [0.05, 0.1) is 4.92 Å². The molecule has 0 aliphatic carbocycles. The second-order valence-corrected chi connectivity index (χ2v) is 3.60. The molecule has 0 aliphatic rings. The van der Waals surface area contributed by atoms with E-state index in [0.29, 0.717) is 0 Å². The van der Waals surface area contributed by atoms with E-state index in [1.807, 2.05) is 0 Å². The maximum absolute atomic E-state index is 12.1. The van der Waals surface area contributed by atoms with E-state index in [-0.39, 0.29) is 28.7 Å². The Morgan fingerprint density at radius 3 is 2.53 bits per heavy atom. The molecular formula is C9H10Cl2F2N2O2. The van der Waals surface area contributed by atoms with Crippen LogP contribution in [0, 0.1) is 10.1 Å². The first-order chi connectivity index (χ1) is 7.41. The average Bonchev–Trinajstić information content (AvgIpc) is 2.16. The molecule has 0 aliphatic heterocycles. The molecule has 1 rings (SSSR count). The van der Waals surface area contributed by atoms with E-state index in [1.54, 1.807) is 0 Å². The number of nitro benzene ring substituents is 1. The summed E-state index contributed by atoms with van der Waals surface area (Å²) in [5.74, 6) is 0. The SMILES string of the molecule is Cl.N[C@@H](CC(F)F)c1cc([N+](=O)[O-])ccc1Cl. The number of benzene rings is 1. The molecule has 96 valence electrons. The zero-order valence-electron chi connectivity index (χ0n) is 8.48. The lowest BCUT2D eigenvalue weighted by Crippen LogP contribution is -2.14. The molecule has 0 fully saturated rings. The van der Waals surface area contributed by atoms with Crippen molar-refractivity contribution in [1.29, 1.82) is 0 Å². The van der Waals surface area contributed by atoms with Gasteiger partial charge in [0, 0.05) is 29.6 Å². The topological polar surface area (TPSA) is 69.2 Å². The molecular weight excluding hydrogens is 277 g/mol. The van der Waals surface area contributed by atoms with Gasteiger partial charge in [0.1, 0.15) is 0 Å². The van der Waals surface area contributed by atoms with Crippen LogP contribution < -0.4 is 5.73 Å². The average molecular weight is 287 g/mol. The Hall–Kier alpha value is -0.980. The van der Waals surface area contributed by atoms with Crippen LogP contribution in [0.25, 0.3) is 0 Å². The molecule has 0 aromatic heterocycles. The van der Waals surface area contributed by atoms with Crippen molar-refractivity contribution < 1.29 is 13.7 Å². The third-order valence-corrected chi connectivity index (χ3v) is 2.37. The number of hydrogen-bond acceptors (Lipinski definition) is 3.